The molecule has 0 saturated heterocycles. The number of benzene rings is 4. The molecule has 0 bridgehead atoms. The number of ether oxygens (including phenoxy) is 2. The van der Waals surface area contributed by atoms with Crippen LogP contribution < -0.4 is 10.1 Å². The first-order valence-electron chi connectivity index (χ1n) is 12.6. The van der Waals surface area contributed by atoms with Crippen molar-refractivity contribution in [3.63, 3.8) is 0 Å². The fraction of sp³-hybridized carbons (Fsp3) is 0.242. The molecule has 4 heteroatoms. The van der Waals surface area contributed by atoms with Gasteiger partial charge < -0.3 is 9.47 Å². The highest BCUT2D eigenvalue weighted by atomic mass is 16.5. The van der Waals surface area contributed by atoms with Gasteiger partial charge in [-0.15, -0.1) is 0 Å². The molecule has 0 aliphatic carbocycles. The molecule has 4 aromatic rings. The number of esters is 1. The van der Waals surface area contributed by atoms with Gasteiger partial charge in [0.05, 0.1) is 12.6 Å². The molecule has 4 aromatic carbocycles. The highest BCUT2D eigenvalue weighted by Gasteiger charge is 2.40. The first kappa shape index (κ1) is 26.2. The molecule has 0 aromatic heterocycles. The quantitative estimate of drug-likeness (QED) is 0.214. The van der Waals surface area contributed by atoms with Gasteiger partial charge in [-0.1, -0.05) is 124 Å². The molecule has 0 aliphatic rings. The highest BCUT2D eigenvalue weighted by Crippen LogP contribution is 2.37. The Morgan fingerprint density at radius 2 is 1.11 bits per heavy atom. The van der Waals surface area contributed by atoms with Crippen LogP contribution in [0.4, 0.5) is 0 Å². The lowest BCUT2D eigenvalue weighted by atomic mass is 9.76. The van der Waals surface area contributed by atoms with Crippen LogP contribution in [0.2, 0.25) is 0 Å². The van der Waals surface area contributed by atoms with E-state index < -0.39 is 17.6 Å². The molecule has 4 rings (SSSR count). The Kier molecular flexibility index (Phi) is 8.10. The van der Waals surface area contributed by atoms with Gasteiger partial charge in [-0.05, 0) is 39.8 Å². The number of hydrogen-bond donors (Lipinski definition) is 1. The molecule has 0 saturated carbocycles. The summed E-state index contributed by atoms with van der Waals surface area (Å²) >= 11 is 0. The Bertz CT molecular complexity index is 1170. The van der Waals surface area contributed by atoms with E-state index in [1.165, 1.54) is 12.7 Å². The van der Waals surface area contributed by atoms with Crippen LogP contribution in [-0.2, 0) is 20.5 Å². The summed E-state index contributed by atoms with van der Waals surface area (Å²) in [4.78, 5) is 13.1. The van der Waals surface area contributed by atoms with Gasteiger partial charge >= 0.3 is 5.97 Å². The third-order valence-corrected chi connectivity index (χ3v) is 6.63. The zero-order chi connectivity index (χ0) is 26.3. The number of rotatable bonds is 9. The zero-order valence-corrected chi connectivity index (χ0v) is 22.0. The maximum atomic E-state index is 13.1. The van der Waals surface area contributed by atoms with Crippen molar-refractivity contribution in [3.05, 3.63) is 138 Å². The Morgan fingerprint density at radius 3 is 1.49 bits per heavy atom. The van der Waals surface area contributed by atoms with Crippen molar-refractivity contribution in [3.8, 4) is 5.75 Å². The number of nitrogens with one attached hydrogen (secondary N) is 1. The van der Waals surface area contributed by atoms with Gasteiger partial charge in [0.1, 0.15) is 18.4 Å². The Labute approximate surface area is 220 Å². The summed E-state index contributed by atoms with van der Waals surface area (Å²) in [5, 5.41) is 3.67. The van der Waals surface area contributed by atoms with E-state index in [1.807, 2.05) is 66.7 Å². The van der Waals surface area contributed by atoms with E-state index in [1.54, 1.807) is 0 Å². The number of methoxy groups -OCH3 is 1. The van der Waals surface area contributed by atoms with Gasteiger partial charge in [0, 0.05) is 0 Å². The van der Waals surface area contributed by atoms with Crippen molar-refractivity contribution in [2.24, 2.45) is 0 Å². The van der Waals surface area contributed by atoms with Gasteiger partial charge in [0.25, 0.3) is 0 Å². The average Bonchev–Trinajstić information content (AvgIpc) is 2.94. The molecule has 0 unspecified atom stereocenters. The summed E-state index contributed by atoms with van der Waals surface area (Å²) in [7, 11) is 1.41. The second-order valence-corrected chi connectivity index (χ2v) is 10.2. The number of hydrogen-bond acceptors (Lipinski definition) is 4. The molecule has 4 nitrogen and oxygen atoms in total. The fourth-order valence-electron chi connectivity index (χ4n) is 4.62. The van der Waals surface area contributed by atoms with E-state index in [0.717, 1.165) is 16.7 Å². The first-order valence-corrected chi connectivity index (χ1v) is 12.6. The second-order valence-electron chi connectivity index (χ2n) is 10.2. The lowest BCUT2D eigenvalue weighted by Gasteiger charge is -2.39. The van der Waals surface area contributed by atoms with Crippen molar-refractivity contribution >= 4 is 5.97 Å². The SMILES string of the molecule is COC(=O)[C@H](COc1ccc(C(C)(C)C)cc1)NC(c1ccccc1)(c1ccccc1)c1ccccc1. The van der Waals surface area contributed by atoms with Gasteiger partial charge in [0.2, 0.25) is 0 Å². The average molecular weight is 494 g/mol. The van der Waals surface area contributed by atoms with E-state index in [2.05, 4.69) is 74.6 Å². The smallest absolute Gasteiger partial charge is 0.326 e. The summed E-state index contributed by atoms with van der Waals surface area (Å²) in [6.45, 7) is 6.64. The molecule has 0 amide bonds. The topological polar surface area (TPSA) is 47.6 Å². The molecule has 190 valence electrons. The minimum atomic E-state index is -0.817. The summed E-state index contributed by atoms with van der Waals surface area (Å²) < 4.78 is 11.4. The van der Waals surface area contributed by atoms with Crippen LogP contribution >= 0.6 is 0 Å². The molecular formula is C33H35NO3. The fourth-order valence-corrected chi connectivity index (χ4v) is 4.62. The summed E-state index contributed by atoms with van der Waals surface area (Å²) in [5.74, 6) is 0.312. The van der Waals surface area contributed by atoms with Crippen LogP contribution in [0.15, 0.2) is 115 Å². The highest BCUT2D eigenvalue weighted by molar-refractivity contribution is 5.76. The predicted molar refractivity (Wildman–Crippen MR) is 149 cm³/mol. The van der Waals surface area contributed by atoms with Crippen molar-refractivity contribution < 1.29 is 14.3 Å². The molecule has 0 radical (unpaired) electrons. The second kappa shape index (κ2) is 11.4. The Morgan fingerprint density at radius 1 is 0.676 bits per heavy atom. The lowest BCUT2D eigenvalue weighted by molar-refractivity contribution is -0.144. The van der Waals surface area contributed by atoms with Crippen LogP contribution in [0.3, 0.4) is 0 Å². The maximum Gasteiger partial charge on any atom is 0.326 e. The molecule has 1 atom stereocenters. The van der Waals surface area contributed by atoms with Gasteiger partial charge in [0.15, 0.2) is 0 Å². The Hall–Kier alpha value is -3.89. The van der Waals surface area contributed by atoms with Crippen LogP contribution in [-0.4, -0.2) is 25.7 Å². The largest absolute Gasteiger partial charge is 0.491 e. The lowest BCUT2D eigenvalue weighted by Crippen LogP contribution is -2.55. The van der Waals surface area contributed by atoms with Crippen molar-refractivity contribution in [2.75, 3.05) is 13.7 Å². The summed E-state index contributed by atoms with van der Waals surface area (Å²) in [6, 6.07) is 37.8. The normalized spacial score (nSPS) is 12.5. The molecule has 37 heavy (non-hydrogen) atoms. The monoisotopic (exact) mass is 493 g/mol. The standard InChI is InChI=1S/C33H35NO3/c1-32(2,3)25-20-22-29(23-21-25)37-24-30(31(35)36-4)34-33(26-14-8-5-9-15-26,27-16-10-6-11-17-27)28-18-12-7-13-19-28/h5-23,30,34H,24H2,1-4H3/t30-/m0/s1. The minimum Gasteiger partial charge on any atom is -0.491 e. The van der Waals surface area contributed by atoms with Crippen LogP contribution in [0.25, 0.3) is 0 Å². The minimum absolute atomic E-state index is 0.0509. The van der Waals surface area contributed by atoms with Crippen molar-refractivity contribution in [1.29, 1.82) is 0 Å². The molecule has 0 heterocycles. The Balaban J connectivity index is 1.75. The molecule has 0 aliphatic heterocycles. The summed E-state index contributed by atoms with van der Waals surface area (Å²) in [6.07, 6.45) is 0. The van der Waals surface area contributed by atoms with E-state index in [0.29, 0.717) is 5.75 Å². The molecule has 0 spiro atoms. The van der Waals surface area contributed by atoms with E-state index in [-0.39, 0.29) is 12.0 Å². The predicted octanol–water partition coefficient (Wildman–Crippen LogP) is 6.49. The first-order chi connectivity index (χ1) is 17.8. The van der Waals surface area contributed by atoms with Crippen LogP contribution in [0, 0.1) is 0 Å². The van der Waals surface area contributed by atoms with E-state index >= 15 is 0 Å². The van der Waals surface area contributed by atoms with E-state index in [4.69, 9.17) is 9.47 Å². The van der Waals surface area contributed by atoms with Gasteiger partial charge in [-0.25, -0.2) is 0 Å². The number of carbonyl (C=O) groups is 1. The van der Waals surface area contributed by atoms with Crippen LogP contribution in [0.5, 0.6) is 5.75 Å². The third kappa shape index (κ3) is 5.92. The van der Waals surface area contributed by atoms with Crippen molar-refractivity contribution in [2.45, 2.75) is 37.8 Å². The van der Waals surface area contributed by atoms with Gasteiger partial charge in [-0.3, -0.25) is 10.1 Å². The zero-order valence-electron chi connectivity index (χ0n) is 22.0. The summed E-state index contributed by atoms with van der Waals surface area (Å²) in [5.41, 5.74) is 3.48. The third-order valence-electron chi connectivity index (χ3n) is 6.63. The van der Waals surface area contributed by atoms with Crippen LogP contribution in [0.1, 0.15) is 43.0 Å². The van der Waals surface area contributed by atoms with E-state index in [9.17, 15) is 4.79 Å². The number of carbonyl (C=O) groups excluding carboxylic acids is 1. The molecular weight excluding hydrogens is 458 g/mol. The van der Waals surface area contributed by atoms with Gasteiger partial charge in [-0.2, -0.15) is 0 Å². The maximum absolute atomic E-state index is 13.1. The van der Waals surface area contributed by atoms with Crippen molar-refractivity contribution in [1.82, 2.24) is 5.32 Å². The molecule has 1 N–H and O–H groups in total. The molecule has 0 fully saturated rings.